The molecule has 4 heteroatoms. The Morgan fingerprint density at radius 1 is 1.29 bits per heavy atom. The molecule has 0 amide bonds. The normalized spacial score (nSPS) is 12.3. The molecule has 0 saturated heterocycles. The van der Waals surface area contributed by atoms with Gasteiger partial charge in [0.05, 0.1) is 5.56 Å². The number of hydrogen-bond acceptors (Lipinski definition) is 1. The third kappa shape index (κ3) is 3.10. The van der Waals surface area contributed by atoms with Gasteiger partial charge in [-0.15, -0.1) is 0 Å². The number of thiol groups is 1. The number of halogens is 3. The average molecular weight is 218 g/mol. The van der Waals surface area contributed by atoms with Gasteiger partial charge in [-0.2, -0.15) is 25.8 Å². The first-order chi connectivity index (χ1) is 6.54. The summed E-state index contributed by atoms with van der Waals surface area (Å²) in [6, 6.07) is 5.17. The van der Waals surface area contributed by atoms with Crippen molar-refractivity contribution in [3.8, 4) is 0 Å². The summed E-state index contributed by atoms with van der Waals surface area (Å²) in [7, 11) is 0. The lowest BCUT2D eigenvalue weighted by atomic mass is 10.1. The van der Waals surface area contributed by atoms with E-state index in [-0.39, 0.29) is 0 Å². The van der Waals surface area contributed by atoms with E-state index >= 15 is 0 Å². The van der Waals surface area contributed by atoms with Crippen LogP contribution >= 0.6 is 12.6 Å². The molecule has 76 valence electrons. The highest BCUT2D eigenvalue weighted by atomic mass is 32.1. The summed E-state index contributed by atoms with van der Waals surface area (Å²) in [5.74, 6) is 0.510. The fourth-order valence-corrected chi connectivity index (χ4v) is 1.11. The summed E-state index contributed by atoms with van der Waals surface area (Å²) in [5.41, 5.74) is -0.0901. The van der Waals surface area contributed by atoms with Crippen LogP contribution in [0.5, 0.6) is 0 Å². The molecule has 0 N–H and O–H groups in total. The Morgan fingerprint density at radius 2 is 2.00 bits per heavy atom. The zero-order chi connectivity index (χ0) is 10.6. The molecule has 0 unspecified atom stereocenters. The highest BCUT2D eigenvalue weighted by molar-refractivity contribution is 7.80. The molecule has 0 saturated carbocycles. The topological polar surface area (TPSA) is 0 Å². The maximum absolute atomic E-state index is 12.3. The van der Waals surface area contributed by atoms with Gasteiger partial charge in [0.1, 0.15) is 0 Å². The van der Waals surface area contributed by atoms with Gasteiger partial charge in [-0.3, -0.25) is 0 Å². The van der Waals surface area contributed by atoms with Crippen LogP contribution in [0.2, 0.25) is 0 Å². The zero-order valence-corrected chi connectivity index (χ0v) is 8.15. The van der Waals surface area contributed by atoms with E-state index in [0.29, 0.717) is 11.3 Å². The molecule has 0 nitrogen and oxygen atoms in total. The van der Waals surface area contributed by atoms with E-state index in [0.717, 1.165) is 12.1 Å². The summed E-state index contributed by atoms with van der Waals surface area (Å²) >= 11 is 3.92. The van der Waals surface area contributed by atoms with E-state index in [2.05, 4.69) is 12.6 Å². The van der Waals surface area contributed by atoms with Crippen molar-refractivity contribution in [2.75, 3.05) is 5.75 Å². The first-order valence-corrected chi connectivity index (χ1v) is 4.62. The number of alkyl halides is 3. The van der Waals surface area contributed by atoms with E-state index < -0.39 is 11.7 Å². The molecule has 1 aromatic rings. The van der Waals surface area contributed by atoms with Crippen molar-refractivity contribution in [2.24, 2.45) is 0 Å². The highest BCUT2D eigenvalue weighted by Crippen LogP contribution is 2.29. The fraction of sp³-hybridized carbons (Fsp3) is 0.200. The van der Waals surface area contributed by atoms with Gasteiger partial charge in [0, 0.05) is 5.75 Å². The van der Waals surface area contributed by atoms with Gasteiger partial charge in [0.15, 0.2) is 0 Å². The quantitative estimate of drug-likeness (QED) is 0.720. The highest BCUT2D eigenvalue weighted by Gasteiger charge is 2.30. The molecule has 0 atom stereocenters. The standard InChI is InChI=1S/C10H9F3S/c11-10(12,13)9-5-1-3-8(7-9)4-2-6-14/h1-5,7,14H,6H2. The third-order valence-corrected chi connectivity index (χ3v) is 1.84. The zero-order valence-electron chi connectivity index (χ0n) is 7.25. The molecule has 1 aromatic carbocycles. The Kier molecular flexibility index (Phi) is 3.63. The second kappa shape index (κ2) is 4.55. The maximum atomic E-state index is 12.3. The monoisotopic (exact) mass is 218 g/mol. The number of benzene rings is 1. The number of rotatable bonds is 2. The number of hydrogen-bond donors (Lipinski definition) is 1. The molecule has 0 aromatic heterocycles. The van der Waals surface area contributed by atoms with Crippen molar-refractivity contribution in [2.45, 2.75) is 6.18 Å². The fourth-order valence-electron chi connectivity index (χ4n) is 1.01. The summed E-state index contributed by atoms with van der Waals surface area (Å²) < 4.78 is 36.8. The lowest BCUT2D eigenvalue weighted by Gasteiger charge is -2.06. The van der Waals surface area contributed by atoms with Crippen molar-refractivity contribution < 1.29 is 13.2 Å². The van der Waals surface area contributed by atoms with Crippen molar-refractivity contribution >= 4 is 18.7 Å². The Balaban J connectivity index is 2.96. The molecule has 0 aliphatic heterocycles. The lowest BCUT2D eigenvalue weighted by molar-refractivity contribution is -0.137. The van der Waals surface area contributed by atoms with Crippen LogP contribution in [0.3, 0.4) is 0 Å². The van der Waals surface area contributed by atoms with E-state index in [9.17, 15) is 13.2 Å². The first kappa shape index (κ1) is 11.2. The molecule has 1 rings (SSSR count). The predicted octanol–water partition coefficient (Wildman–Crippen LogP) is 3.65. The smallest absolute Gasteiger partial charge is 0.175 e. The van der Waals surface area contributed by atoms with Crippen molar-refractivity contribution in [3.05, 3.63) is 41.5 Å². The molecule has 0 heterocycles. The van der Waals surface area contributed by atoms with Crippen LogP contribution in [0, 0.1) is 0 Å². The summed E-state index contributed by atoms with van der Waals surface area (Å²) in [5, 5.41) is 0. The lowest BCUT2D eigenvalue weighted by Crippen LogP contribution is -2.04. The van der Waals surface area contributed by atoms with Crippen LogP contribution < -0.4 is 0 Å². The molecule has 0 spiro atoms. The van der Waals surface area contributed by atoms with Crippen molar-refractivity contribution in [1.29, 1.82) is 0 Å². The molecular weight excluding hydrogens is 209 g/mol. The minimum absolute atomic E-state index is 0.510. The molecular formula is C10H9F3S. The van der Waals surface area contributed by atoms with Crippen molar-refractivity contribution in [3.63, 3.8) is 0 Å². The van der Waals surface area contributed by atoms with E-state index in [1.807, 2.05) is 0 Å². The third-order valence-electron chi connectivity index (χ3n) is 1.63. The summed E-state index contributed by atoms with van der Waals surface area (Å²) in [6.45, 7) is 0. The SMILES string of the molecule is FC(F)(F)c1cccc(C=CCS)c1. The largest absolute Gasteiger partial charge is 0.416 e. The van der Waals surface area contributed by atoms with Crippen LogP contribution in [-0.2, 0) is 6.18 Å². The Labute approximate surface area is 85.9 Å². The van der Waals surface area contributed by atoms with Crippen LogP contribution in [0.4, 0.5) is 13.2 Å². The second-order valence-corrected chi connectivity index (χ2v) is 3.07. The van der Waals surface area contributed by atoms with Crippen LogP contribution in [0.25, 0.3) is 6.08 Å². The van der Waals surface area contributed by atoms with Gasteiger partial charge in [-0.25, -0.2) is 0 Å². The maximum Gasteiger partial charge on any atom is 0.416 e. The van der Waals surface area contributed by atoms with Crippen LogP contribution in [-0.4, -0.2) is 5.75 Å². The molecule has 0 bridgehead atoms. The van der Waals surface area contributed by atoms with Crippen LogP contribution in [0.1, 0.15) is 11.1 Å². The van der Waals surface area contributed by atoms with Gasteiger partial charge >= 0.3 is 6.18 Å². The Hall–Kier alpha value is -0.900. The minimum Gasteiger partial charge on any atom is -0.175 e. The summed E-state index contributed by atoms with van der Waals surface area (Å²) in [4.78, 5) is 0. The molecule has 0 aliphatic rings. The molecule has 14 heavy (non-hydrogen) atoms. The van der Waals surface area contributed by atoms with Gasteiger partial charge in [0.25, 0.3) is 0 Å². The average Bonchev–Trinajstić information content (AvgIpc) is 2.14. The first-order valence-electron chi connectivity index (χ1n) is 3.98. The molecule has 0 radical (unpaired) electrons. The van der Waals surface area contributed by atoms with E-state index in [1.54, 1.807) is 18.2 Å². The Morgan fingerprint density at radius 3 is 2.57 bits per heavy atom. The van der Waals surface area contributed by atoms with Crippen LogP contribution in [0.15, 0.2) is 30.3 Å². The van der Waals surface area contributed by atoms with E-state index in [1.165, 1.54) is 6.07 Å². The molecule has 0 fully saturated rings. The summed E-state index contributed by atoms with van der Waals surface area (Å²) in [6.07, 6.45) is -0.967. The van der Waals surface area contributed by atoms with Gasteiger partial charge in [0.2, 0.25) is 0 Å². The predicted molar refractivity (Wildman–Crippen MR) is 54.3 cm³/mol. The van der Waals surface area contributed by atoms with Crippen molar-refractivity contribution in [1.82, 2.24) is 0 Å². The van der Waals surface area contributed by atoms with E-state index in [4.69, 9.17) is 0 Å². The second-order valence-electron chi connectivity index (χ2n) is 2.71. The molecule has 0 aliphatic carbocycles. The van der Waals surface area contributed by atoms with Gasteiger partial charge in [-0.1, -0.05) is 24.3 Å². The van der Waals surface area contributed by atoms with Gasteiger partial charge in [-0.05, 0) is 17.7 Å². The minimum atomic E-state index is -4.27. The van der Waals surface area contributed by atoms with Gasteiger partial charge < -0.3 is 0 Å². The Bertz CT molecular complexity index is 328.